The third kappa shape index (κ3) is 4.21. The molecule has 0 saturated heterocycles. The van der Waals surface area contributed by atoms with Gasteiger partial charge in [0.2, 0.25) is 0 Å². The van der Waals surface area contributed by atoms with Gasteiger partial charge in [-0.1, -0.05) is 12.8 Å². The first kappa shape index (κ1) is 14.9. The van der Waals surface area contributed by atoms with E-state index >= 15 is 0 Å². The number of hydrogen-bond acceptors (Lipinski definition) is 3. The molecule has 0 radical (unpaired) electrons. The van der Waals surface area contributed by atoms with Gasteiger partial charge < -0.3 is 5.73 Å². The molecule has 1 saturated carbocycles. The van der Waals surface area contributed by atoms with E-state index in [1.54, 1.807) is 7.05 Å². The van der Waals surface area contributed by atoms with E-state index in [4.69, 9.17) is 5.73 Å². The summed E-state index contributed by atoms with van der Waals surface area (Å²) in [7, 11) is -1.76. The molecule has 0 spiro atoms. The Balaban J connectivity index is 2.49. The van der Waals surface area contributed by atoms with Crippen LogP contribution in [0.2, 0.25) is 0 Å². The summed E-state index contributed by atoms with van der Waals surface area (Å²) in [5.74, 6) is 0.277. The second-order valence-corrected chi connectivity index (χ2v) is 6.99. The summed E-state index contributed by atoms with van der Waals surface area (Å²) >= 11 is 0. The van der Waals surface area contributed by atoms with Crippen molar-refractivity contribution in [2.45, 2.75) is 51.6 Å². The molecule has 5 nitrogen and oxygen atoms in total. The molecule has 2 atom stereocenters. The minimum absolute atomic E-state index is 0.0347. The molecule has 1 aliphatic rings. The third-order valence-corrected chi connectivity index (χ3v) is 5.31. The predicted molar refractivity (Wildman–Crippen MR) is 69.8 cm³/mol. The molecule has 0 aliphatic heterocycles. The molecule has 1 fully saturated rings. The van der Waals surface area contributed by atoms with Gasteiger partial charge in [-0.15, -0.1) is 0 Å². The van der Waals surface area contributed by atoms with Gasteiger partial charge in [0.05, 0.1) is 0 Å². The molecule has 1 aliphatic carbocycles. The van der Waals surface area contributed by atoms with E-state index < -0.39 is 10.2 Å². The van der Waals surface area contributed by atoms with Gasteiger partial charge in [-0.3, -0.25) is 0 Å². The molecule has 0 aromatic heterocycles. The maximum absolute atomic E-state index is 11.9. The zero-order valence-corrected chi connectivity index (χ0v) is 11.8. The fourth-order valence-electron chi connectivity index (χ4n) is 2.08. The topological polar surface area (TPSA) is 75.4 Å². The molecule has 0 aromatic rings. The van der Waals surface area contributed by atoms with Crippen LogP contribution < -0.4 is 10.5 Å². The summed E-state index contributed by atoms with van der Waals surface area (Å²) < 4.78 is 27.8. The molecular weight excluding hydrogens is 238 g/mol. The molecule has 102 valence electrons. The zero-order chi connectivity index (χ0) is 13.1. The first-order chi connectivity index (χ1) is 7.84. The fourth-order valence-corrected chi connectivity index (χ4v) is 3.26. The summed E-state index contributed by atoms with van der Waals surface area (Å²) in [6.07, 6.45) is 4.35. The Morgan fingerprint density at radius 3 is 2.47 bits per heavy atom. The molecule has 6 heteroatoms. The van der Waals surface area contributed by atoms with Crippen LogP contribution >= 0.6 is 0 Å². The lowest BCUT2D eigenvalue weighted by Gasteiger charge is -2.29. The standard InChI is InChI=1S/C11H25N3O2S/c1-9(2)14(3)17(15,16)13-8-10-6-4-5-7-11(10)12/h9-11,13H,4-8,12H2,1-3H3. The fraction of sp³-hybridized carbons (Fsp3) is 1.00. The molecule has 0 heterocycles. The van der Waals surface area contributed by atoms with E-state index in [1.165, 1.54) is 4.31 Å². The van der Waals surface area contributed by atoms with Crippen LogP contribution in [0.25, 0.3) is 0 Å². The van der Waals surface area contributed by atoms with Gasteiger partial charge in [-0.2, -0.15) is 12.7 Å². The lowest BCUT2D eigenvalue weighted by molar-refractivity contribution is 0.304. The van der Waals surface area contributed by atoms with Crippen molar-refractivity contribution in [3.8, 4) is 0 Å². The van der Waals surface area contributed by atoms with E-state index in [-0.39, 0.29) is 18.0 Å². The summed E-state index contributed by atoms with van der Waals surface area (Å²) in [6, 6.07) is 0.100. The molecule has 1 rings (SSSR count). The lowest BCUT2D eigenvalue weighted by Crippen LogP contribution is -2.46. The monoisotopic (exact) mass is 263 g/mol. The van der Waals surface area contributed by atoms with Crippen molar-refractivity contribution in [1.82, 2.24) is 9.03 Å². The second-order valence-electron chi connectivity index (χ2n) is 5.17. The van der Waals surface area contributed by atoms with Gasteiger partial charge in [0.15, 0.2) is 0 Å². The second kappa shape index (κ2) is 6.13. The smallest absolute Gasteiger partial charge is 0.279 e. The van der Waals surface area contributed by atoms with Gasteiger partial charge in [-0.25, -0.2) is 4.72 Å². The van der Waals surface area contributed by atoms with Crippen LogP contribution in [0.5, 0.6) is 0 Å². The molecule has 0 aromatic carbocycles. The van der Waals surface area contributed by atoms with Crippen molar-refractivity contribution in [1.29, 1.82) is 0 Å². The van der Waals surface area contributed by atoms with Crippen LogP contribution in [0.3, 0.4) is 0 Å². The van der Waals surface area contributed by atoms with Gasteiger partial charge >= 0.3 is 0 Å². The highest BCUT2D eigenvalue weighted by Crippen LogP contribution is 2.22. The van der Waals surface area contributed by atoms with Gasteiger partial charge in [0.1, 0.15) is 0 Å². The summed E-state index contributed by atoms with van der Waals surface area (Å²) in [4.78, 5) is 0. The Hall–Kier alpha value is -0.170. The molecular formula is C11H25N3O2S. The van der Waals surface area contributed by atoms with Crippen LogP contribution in [-0.2, 0) is 10.2 Å². The number of rotatable bonds is 5. The number of nitrogens with two attached hydrogens (primary N) is 1. The van der Waals surface area contributed by atoms with Gasteiger partial charge in [0.25, 0.3) is 10.2 Å². The van der Waals surface area contributed by atoms with E-state index in [1.807, 2.05) is 13.8 Å². The highest BCUT2D eigenvalue weighted by atomic mass is 32.2. The number of nitrogens with zero attached hydrogens (tertiary/aromatic N) is 1. The number of nitrogens with one attached hydrogen (secondary N) is 1. The summed E-state index contributed by atoms with van der Waals surface area (Å²) in [6.45, 7) is 4.16. The van der Waals surface area contributed by atoms with Crippen molar-refractivity contribution >= 4 is 10.2 Å². The molecule has 0 bridgehead atoms. The largest absolute Gasteiger partial charge is 0.327 e. The Morgan fingerprint density at radius 2 is 1.94 bits per heavy atom. The Kier molecular flexibility index (Phi) is 5.37. The van der Waals surface area contributed by atoms with E-state index in [2.05, 4.69) is 4.72 Å². The highest BCUT2D eigenvalue weighted by Gasteiger charge is 2.25. The van der Waals surface area contributed by atoms with Crippen LogP contribution in [0, 0.1) is 5.92 Å². The molecule has 17 heavy (non-hydrogen) atoms. The van der Waals surface area contributed by atoms with E-state index in [0.29, 0.717) is 6.54 Å². The molecule has 0 amide bonds. The van der Waals surface area contributed by atoms with Crippen LogP contribution in [0.4, 0.5) is 0 Å². The summed E-state index contributed by atoms with van der Waals surface area (Å²) in [5.41, 5.74) is 6.00. The van der Waals surface area contributed by atoms with Crippen LogP contribution in [-0.4, -0.2) is 38.4 Å². The minimum Gasteiger partial charge on any atom is -0.327 e. The zero-order valence-electron chi connectivity index (χ0n) is 11.0. The molecule has 2 unspecified atom stereocenters. The minimum atomic E-state index is -3.35. The lowest BCUT2D eigenvalue weighted by atomic mass is 9.85. The highest BCUT2D eigenvalue weighted by molar-refractivity contribution is 7.87. The van der Waals surface area contributed by atoms with Crippen molar-refractivity contribution in [2.24, 2.45) is 11.7 Å². The Labute approximate surface area is 105 Å². The third-order valence-electron chi connectivity index (χ3n) is 3.60. The first-order valence-electron chi connectivity index (χ1n) is 6.33. The van der Waals surface area contributed by atoms with Crippen LogP contribution in [0.1, 0.15) is 39.5 Å². The van der Waals surface area contributed by atoms with E-state index in [0.717, 1.165) is 25.7 Å². The van der Waals surface area contributed by atoms with Crippen molar-refractivity contribution in [2.75, 3.05) is 13.6 Å². The average Bonchev–Trinajstić information content (AvgIpc) is 2.27. The Morgan fingerprint density at radius 1 is 1.35 bits per heavy atom. The van der Waals surface area contributed by atoms with Gasteiger partial charge in [-0.05, 0) is 32.6 Å². The molecule has 3 N–H and O–H groups in total. The van der Waals surface area contributed by atoms with Crippen molar-refractivity contribution in [3.63, 3.8) is 0 Å². The van der Waals surface area contributed by atoms with Gasteiger partial charge in [0, 0.05) is 25.7 Å². The predicted octanol–water partition coefficient (Wildman–Crippen LogP) is 0.679. The quantitative estimate of drug-likeness (QED) is 0.766. The first-order valence-corrected chi connectivity index (χ1v) is 7.77. The van der Waals surface area contributed by atoms with Crippen molar-refractivity contribution < 1.29 is 8.42 Å². The van der Waals surface area contributed by atoms with Crippen LogP contribution in [0.15, 0.2) is 0 Å². The van der Waals surface area contributed by atoms with E-state index in [9.17, 15) is 8.42 Å². The maximum Gasteiger partial charge on any atom is 0.279 e. The average molecular weight is 263 g/mol. The SMILES string of the molecule is CC(C)N(C)S(=O)(=O)NCC1CCCCC1N. The maximum atomic E-state index is 11.9. The normalized spacial score (nSPS) is 26.7. The van der Waals surface area contributed by atoms with Crippen molar-refractivity contribution in [3.05, 3.63) is 0 Å². The number of hydrogen-bond donors (Lipinski definition) is 2. The summed E-state index contributed by atoms with van der Waals surface area (Å²) in [5, 5.41) is 0. The Bertz CT molecular complexity index is 330.